The van der Waals surface area contributed by atoms with Crippen LogP contribution in [-0.4, -0.2) is 44.9 Å². The van der Waals surface area contributed by atoms with E-state index in [9.17, 15) is 14.7 Å². The van der Waals surface area contributed by atoms with Crippen molar-refractivity contribution >= 4 is 11.9 Å². The van der Waals surface area contributed by atoms with Gasteiger partial charge in [-0.1, -0.05) is 13.3 Å². The van der Waals surface area contributed by atoms with Crippen molar-refractivity contribution in [1.82, 2.24) is 14.9 Å². The molecule has 102 valence electrons. The fourth-order valence-corrected chi connectivity index (χ4v) is 2.58. The average Bonchev–Trinajstić information content (AvgIpc) is 2.85. The van der Waals surface area contributed by atoms with E-state index in [1.807, 2.05) is 6.92 Å². The van der Waals surface area contributed by atoms with Gasteiger partial charge in [0.25, 0.3) is 5.91 Å². The van der Waals surface area contributed by atoms with Crippen LogP contribution in [0, 0.1) is 5.41 Å². The van der Waals surface area contributed by atoms with E-state index in [1.165, 1.54) is 18.6 Å². The Labute approximate surface area is 111 Å². The summed E-state index contributed by atoms with van der Waals surface area (Å²) >= 11 is 0. The molecular formula is C13H17N3O3. The highest BCUT2D eigenvalue weighted by Gasteiger charge is 2.45. The first-order chi connectivity index (χ1) is 9.09. The molecule has 0 aliphatic carbocycles. The number of rotatable bonds is 4. The largest absolute Gasteiger partial charge is 0.481 e. The van der Waals surface area contributed by atoms with E-state index in [-0.39, 0.29) is 18.1 Å². The molecule has 1 unspecified atom stereocenters. The van der Waals surface area contributed by atoms with E-state index in [1.54, 1.807) is 4.90 Å². The lowest BCUT2D eigenvalue weighted by atomic mass is 9.83. The van der Waals surface area contributed by atoms with Crippen LogP contribution < -0.4 is 0 Å². The Bertz CT molecular complexity index is 477. The van der Waals surface area contributed by atoms with Crippen LogP contribution in [0.5, 0.6) is 0 Å². The Kier molecular flexibility index (Phi) is 3.78. The summed E-state index contributed by atoms with van der Waals surface area (Å²) in [5, 5.41) is 9.40. The monoisotopic (exact) mass is 263 g/mol. The van der Waals surface area contributed by atoms with E-state index in [0.29, 0.717) is 19.4 Å². The zero-order valence-corrected chi connectivity index (χ0v) is 10.9. The lowest BCUT2D eigenvalue weighted by Crippen LogP contribution is -2.37. The van der Waals surface area contributed by atoms with Crippen molar-refractivity contribution in [3.05, 3.63) is 24.3 Å². The highest BCUT2D eigenvalue weighted by atomic mass is 16.4. The number of aliphatic carboxylic acids is 1. The second kappa shape index (κ2) is 5.34. The molecule has 1 aromatic heterocycles. The molecule has 6 nitrogen and oxygen atoms in total. The molecule has 0 aromatic carbocycles. The van der Waals surface area contributed by atoms with Gasteiger partial charge in [0.15, 0.2) is 0 Å². The number of likely N-dealkylation sites (tertiary alicyclic amines) is 1. The molecule has 2 heterocycles. The Morgan fingerprint density at radius 3 is 2.84 bits per heavy atom. The molecule has 6 heteroatoms. The van der Waals surface area contributed by atoms with Crippen molar-refractivity contribution < 1.29 is 14.7 Å². The Morgan fingerprint density at radius 1 is 1.47 bits per heavy atom. The quantitative estimate of drug-likeness (QED) is 0.882. The van der Waals surface area contributed by atoms with Gasteiger partial charge in [-0.15, -0.1) is 0 Å². The van der Waals surface area contributed by atoms with Crippen molar-refractivity contribution in [3.8, 4) is 0 Å². The van der Waals surface area contributed by atoms with Crippen LogP contribution in [0.1, 0.15) is 36.7 Å². The molecule has 1 aromatic rings. The minimum absolute atomic E-state index is 0.243. The molecular weight excluding hydrogens is 246 g/mol. The normalized spacial score (nSPS) is 22.5. The first-order valence-electron chi connectivity index (χ1n) is 6.38. The van der Waals surface area contributed by atoms with E-state index in [0.717, 1.165) is 6.42 Å². The van der Waals surface area contributed by atoms with Crippen molar-refractivity contribution in [2.45, 2.75) is 26.2 Å². The number of carboxylic acids is 1. The molecule has 1 atom stereocenters. The number of carboxylic acid groups (broad SMARTS) is 1. The number of hydrogen-bond acceptors (Lipinski definition) is 4. The summed E-state index contributed by atoms with van der Waals surface area (Å²) < 4.78 is 0. The minimum Gasteiger partial charge on any atom is -0.481 e. The number of aromatic nitrogens is 2. The number of nitrogens with zero attached hydrogens (tertiary/aromatic N) is 3. The van der Waals surface area contributed by atoms with Gasteiger partial charge < -0.3 is 10.0 Å². The predicted molar refractivity (Wildman–Crippen MR) is 67.5 cm³/mol. The maximum Gasteiger partial charge on any atom is 0.311 e. The van der Waals surface area contributed by atoms with Gasteiger partial charge in [0.2, 0.25) is 0 Å². The molecule has 1 amide bonds. The van der Waals surface area contributed by atoms with Gasteiger partial charge in [-0.3, -0.25) is 14.6 Å². The van der Waals surface area contributed by atoms with Gasteiger partial charge in [0.05, 0.1) is 11.6 Å². The smallest absolute Gasteiger partial charge is 0.311 e. The van der Waals surface area contributed by atoms with Crippen LogP contribution in [0.4, 0.5) is 0 Å². The number of hydrogen-bond donors (Lipinski definition) is 1. The van der Waals surface area contributed by atoms with E-state index in [2.05, 4.69) is 9.97 Å². The third kappa shape index (κ3) is 2.57. The maximum absolute atomic E-state index is 12.2. The lowest BCUT2D eigenvalue weighted by molar-refractivity contribution is -0.148. The first kappa shape index (κ1) is 13.5. The molecule has 1 aliphatic rings. The summed E-state index contributed by atoms with van der Waals surface area (Å²) in [6.07, 6.45) is 6.25. The molecule has 1 N–H and O–H groups in total. The van der Waals surface area contributed by atoms with E-state index >= 15 is 0 Å². The number of carbonyl (C=O) groups is 2. The van der Waals surface area contributed by atoms with Gasteiger partial charge in [-0.25, -0.2) is 4.98 Å². The molecule has 0 radical (unpaired) electrons. The Morgan fingerprint density at radius 2 is 2.26 bits per heavy atom. The van der Waals surface area contributed by atoms with Crippen LogP contribution in [0.2, 0.25) is 0 Å². The van der Waals surface area contributed by atoms with Crippen molar-refractivity contribution in [2.24, 2.45) is 5.41 Å². The topological polar surface area (TPSA) is 83.4 Å². The number of carbonyl (C=O) groups excluding carboxylic acids is 1. The van der Waals surface area contributed by atoms with Crippen LogP contribution in [0.25, 0.3) is 0 Å². The van der Waals surface area contributed by atoms with Crippen molar-refractivity contribution in [2.75, 3.05) is 13.1 Å². The highest BCUT2D eigenvalue weighted by Crippen LogP contribution is 2.35. The fraction of sp³-hybridized carbons (Fsp3) is 0.538. The molecule has 19 heavy (non-hydrogen) atoms. The summed E-state index contributed by atoms with van der Waals surface area (Å²) in [6, 6.07) is 0. The molecule has 0 saturated carbocycles. The lowest BCUT2D eigenvalue weighted by Gasteiger charge is -2.24. The summed E-state index contributed by atoms with van der Waals surface area (Å²) in [4.78, 5) is 33.0. The zero-order chi connectivity index (χ0) is 13.9. The molecule has 1 aliphatic heterocycles. The predicted octanol–water partition coefficient (Wildman–Crippen LogP) is 1.19. The second-order valence-corrected chi connectivity index (χ2v) is 4.90. The zero-order valence-electron chi connectivity index (χ0n) is 10.9. The summed E-state index contributed by atoms with van der Waals surface area (Å²) in [5.41, 5.74) is -0.535. The van der Waals surface area contributed by atoms with Gasteiger partial charge in [-0.2, -0.15) is 0 Å². The molecule has 1 fully saturated rings. The minimum atomic E-state index is -0.816. The van der Waals surface area contributed by atoms with Gasteiger partial charge in [-0.05, 0) is 12.8 Å². The van der Waals surface area contributed by atoms with Crippen LogP contribution in [-0.2, 0) is 4.79 Å². The number of amides is 1. The standard InChI is InChI=1S/C13H17N3O3/c1-2-3-13(12(18)19)4-7-16(9-13)11(17)10-8-14-5-6-15-10/h5-6,8H,2-4,7,9H2,1H3,(H,18,19). The highest BCUT2D eigenvalue weighted by molar-refractivity contribution is 5.93. The summed E-state index contributed by atoms with van der Waals surface area (Å²) in [5.74, 6) is -1.06. The van der Waals surface area contributed by atoms with Gasteiger partial charge in [0.1, 0.15) is 5.69 Å². The molecule has 2 rings (SSSR count). The van der Waals surface area contributed by atoms with Crippen LogP contribution >= 0.6 is 0 Å². The van der Waals surface area contributed by atoms with E-state index in [4.69, 9.17) is 0 Å². The summed E-state index contributed by atoms with van der Waals surface area (Å²) in [6.45, 7) is 2.67. The second-order valence-electron chi connectivity index (χ2n) is 4.90. The van der Waals surface area contributed by atoms with Gasteiger partial charge >= 0.3 is 5.97 Å². The van der Waals surface area contributed by atoms with E-state index < -0.39 is 11.4 Å². The molecule has 0 bridgehead atoms. The maximum atomic E-state index is 12.2. The Hall–Kier alpha value is -1.98. The van der Waals surface area contributed by atoms with Gasteiger partial charge in [0, 0.05) is 25.5 Å². The average molecular weight is 263 g/mol. The third-order valence-corrected chi connectivity index (χ3v) is 3.61. The summed E-state index contributed by atoms with van der Waals surface area (Å²) in [7, 11) is 0. The third-order valence-electron chi connectivity index (χ3n) is 3.61. The SMILES string of the molecule is CCCC1(C(=O)O)CCN(C(=O)c2cnccn2)C1. The van der Waals surface area contributed by atoms with Crippen LogP contribution in [0.15, 0.2) is 18.6 Å². The van der Waals surface area contributed by atoms with Crippen molar-refractivity contribution in [1.29, 1.82) is 0 Å². The fourth-order valence-electron chi connectivity index (χ4n) is 2.58. The van der Waals surface area contributed by atoms with Crippen molar-refractivity contribution in [3.63, 3.8) is 0 Å². The van der Waals surface area contributed by atoms with Crippen LogP contribution in [0.3, 0.4) is 0 Å². The Balaban J connectivity index is 2.13. The molecule has 0 spiro atoms. The molecule has 1 saturated heterocycles. The first-order valence-corrected chi connectivity index (χ1v) is 6.38.